The van der Waals surface area contributed by atoms with Crippen LogP contribution in [-0.2, 0) is 9.84 Å². The third kappa shape index (κ3) is 7.28. The monoisotopic (exact) mass is 424 g/mol. The summed E-state index contributed by atoms with van der Waals surface area (Å²) in [4.78, 5) is 8.46. The molecule has 0 radical (unpaired) electrons. The van der Waals surface area contributed by atoms with Gasteiger partial charge in [-0.15, -0.1) is 0 Å². The number of rotatable bonds is 2. The Balaban J connectivity index is 0.000000157. The number of sulfone groups is 1. The third-order valence-corrected chi connectivity index (χ3v) is 3.95. The Kier molecular flexibility index (Phi) is 7.76. The Morgan fingerprint density at radius 3 is 1.37 bits per heavy atom. The molecule has 0 saturated carbocycles. The van der Waals surface area contributed by atoms with Crippen molar-refractivity contribution in [2.24, 2.45) is 0 Å². The lowest BCUT2D eigenvalue weighted by Gasteiger charge is -1.80. The van der Waals surface area contributed by atoms with E-state index in [-0.39, 0.29) is 0 Å². The molecule has 0 aliphatic carbocycles. The first-order chi connectivity index (χ1) is 12.8. The number of nitrogens with zero attached hydrogens (tertiary/aromatic N) is 2. The van der Waals surface area contributed by atoms with E-state index in [9.17, 15) is 8.42 Å². The van der Waals surface area contributed by atoms with Crippen LogP contribution in [0.15, 0.2) is 67.8 Å². The molecule has 4 rings (SSSR count). The van der Waals surface area contributed by atoms with E-state index in [0.717, 1.165) is 45.2 Å². The van der Waals surface area contributed by atoms with Crippen LogP contribution < -0.4 is 0 Å². The van der Waals surface area contributed by atoms with Crippen LogP contribution in [0.1, 0.15) is 0 Å². The van der Waals surface area contributed by atoms with Crippen LogP contribution in [0.4, 0.5) is 0 Å². The molecular weight excluding hydrogens is 404 g/mol. The van der Waals surface area contributed by atoms with Gasteiger partial charge in [0.05, 0.1) is 0 Å². The minimum Gasteiger partial charge on any atom is -0.431 e. The maximum absolute atomic E-state index is 9.63. The zero-order valence-corrected chi connectivity index (χ0v) is 17.8. The maximum Gasteiger partial charge on any atom is 0.256 e. The van der Waals surface area contributed by atoms with Gasteiger partial charge in [-0.25, -0.2) is 18.4 Å². The van der Waals surface area contributed by atoms with Gasteiger partial charge in [0.2, 0.25) is 0 Å². The lowest BCUT2D eigenvalue weighted by Crippen LogP contribution is -1.86. The first-order valence-electron chi connectivity index (χ1n) is 7.74. The summed E-state index contributed by atoms with van der Waals surface area (Å²) in [5, 5.41) is 1.46. The Morgan fingerprint density at radius 2 is 1.07 bits per heavy atom. The van der Waals surface area contributed by atoms with Crippen molar-refractivity contribution in [3.63, 3.8) is 0 Å². The highest BCUT2D eigenvalue weighted by molar-refractivity contribution is 7.98. The van der Waals surface area contributed by atoms with E-state index in [1.807, 2.05) is 61.0 Å². The van der Waals surface area contributed by atoms with Gasteiger partial charge in [-0.3, -0.25) is 0 Å². The summed E-state index contributed by atoms with van der Waals surface area (Å²) in [7, 11) is -2.67. The summed E-state index contributed by atoms with van der Waals surface area (Å²) in [6.07, 6.45) is 6.22. The molecule has 0 unspecified atom stereocenters. The van der Waals surface area contributed by atoms with E-state index in [4.69, 9.17) is 8.83 Å². The summed E-state index contributed by atoms with van der Waals surface area (Å²) in [6.45, 7) is 0. The Labute approximate surface area is 166 Å². The van der Waals surface area contributed by atoms with Gasteiger partial charge in [-0.1, -0.05) is 47.8 Å². The molecule has 0 aliphatic heterocycles. The van der Waals surface area contributed by atoms with E-state index in [1.165, 1.54) is 23.5 Å². The summed E-state index contributed by atoms with van der Waals surface area (Å²) in [5.41, 5.74) is 3.57. The number of para-hydroxylation sites is 4. The SMILES string of the molecule is CS(C)(=O)=O.CSc1nc2ccccc2o1.CSc1nc2ccccc2o1. The highest BCUT2D eigenvalue weighted by atomic mass is 32.2. The molecule has 0 N–H and O–H groups in total. The second-order valence-electron chi connectivity index (χ2n) is 5.45. The fourth-order valence-corrected chi connectivity index (χ4v) is 2.60. The molecular formula is C18H20N2O4S3. The minimum atomic E-state index is -2.67. The van der Waals surface area contributed by atoms with Crippen molar-refractivity contribution >= 4 is 55.6 Å². The van der Waals surface area contributed by atoms with Crippen LogP contribution in [-0.4, -0.2) is 43.4 Å². The van der Waals surface area contributed by atoms with Crippen LogP contribution in [0, 0.1) is 0 Å². The molecule has 144 valence electrons. The van der Waals surface area contributed by atoms with Gasteiger partial charge in [0.1, 0.15) is 20.9 Å². The number of benzene rings is 2. The number of aromatic nitrogens is 2. The Morgan fingerprint density at radius 1 is 0.741 bits per heavy atom. The van der Waals surface area contributed by atoms with E-state index < -0.39 is 9.84 Å². The molecule has 0 atom stereocenters. The quantitative estimate of drug-likeness (QED) is 0.426. The normalized spacial score (nSPS) is 10.8. The van der Waals surface area contributed by atoms with Gasteiger partial charge < -0.3 is 8.83 Å². The minimum absolute atomic E-state index is 0.728. The molecule has 9 heteroatoms. The zero-order chi connectivity index (χ0) is 19.9. The average Bonchev–Trinajstić information content (AvgIpc) is 3.23. The van der Waals surface area contributed by atoms with E-state index in [0.29, 0.717) is 0 Å². The highest BCUT2D eigenvalue weighted by Crippen LogP contribution is 2.21. The van der Waals surface area contributed by atoms with Crippen LogP contribution in [0.25, 0.3) is 22.2 Å². The molecule has 0 saturated heterocycles. The van der Waals surface area contributed by atoms with Crippen molar-refractivity contribution in [1.29, 1.82) is 0 Å². The van der Waals surface area contributed by atoms with Crippen molar-refractivity contribution in [1.82, 2.24) is 9.97 Å². The molecule has 2 aromatic heterocycles. The largest absolute Gasteiger partial charge is 0.431 e. The molecule has 27 heavy (non-hydrogen) atoms. The standard InChI is InChI=1S/2C8H7NOS.C2H6O2S/c2*1-11-8-9-6-4-2-3-5-7(6)10-8;1-5(2,3)4/h2*2-5H,1H3;1-2H3. The molecule has 0 spiro atoms. The second kappa shape index (κ2) is 9.82. The Bertz CT molecular complexity index is 956. The van der Waals surface area contributed by atoms with Crippen LogP contribution in [0.3, 0.4) is 0 Å². The van der Waals surface area contributed by atoms with Crippen molar-refractivity contribution in [3.05, 3.63) is 48.5 Å². The van der Waals surface area contributed by atoms with Gasteiger partial charge in [-0.05, 0) is 36.8 Å². The first kappa shape index (κ1) is 21.3. The fourth-order valence-electron chi connectivity index (χ4n) is 1.88. The van der Waals surface area contributed by atoms with Gasteiger partial charge in [0, 0.05) is 12.5 Å². The van der Waals surface area contributed by atoms with Gasteiger partial charge in [0.25, 0.3) is 10.4 Å². The Hall–Kier alpha value is -1.97. The van der Waals surface area contributed by atoms with Crippen molar-refractivity contribution < 1.29 is 17.3 Å². The first-order valence-corrected chi connectivity index (χ1v) is 12.5. The molecule has 2 aromatic carbocycles. The number of oxazole rings is 2. The molecule has 0 amide bonds. The third-order valence-electron chi connectivity index (χ3n) is 2.90. The van der Waals surface area contributed by atoms with Crippen molar-refractivity contribution in [2.75, 3.05) is 25.0 Å². The number of fused-ring (bicyclic) bond motifs is 2. The van der Waals surface area contributed by atoms with E-state index in [1.54, 1.807) is 0 Å². The summed E-state index contributed by atoms with van der Waals surface area (Å²) in [6, 6.07) is 15.5. The number of thioether (sulfide) groups is 2. The smallest absolute Gasteiger partial charge is 0.256 e. The van der Waals surface area contributed by atoms with Gasteiger partial charge >= 0.3 is 0 Å². The van der Waals surface area contributed by atoms with Crippen LogP contribution >= 0.6 is 23.5 Å². The second-order valence-corrected chi connectivity index (χ2v) is 9.25. The van der Waals surface area contributed by atoms with Crippen LogP contribution in [0.2, 0.25) is 0 Å². The average molecular weight is 425 g/mol. The highest BCUT2D eigenvalue weighted by Gasteiger charge is 2.02. The molecule has 0 bridgehead atoms. The van der Waals surface area contributed by atoms with Crippen LogP contribution in [0.5, 0.6) is 0 Å². The molecule has 0 fully saturated rings. The summed E-state index contributed by atoms with van der Waals surface area (Å²) < 4.78 is 30.0. The molecule has 0 aliphatic rings. The predicted octanol–water partition coefficient (Wildman–Crippen LogP) is 4.76. The fraction of sp³-hybridized carbons (Fsp3) is 0.222. The number of hydrogen-bond donors (Lipinski definition) is 0. The predicted molar refractivity (Wildman–Crippen MR) is 112 cm³/mol. The van der Waals surface area contributed by atoms with Crippen molar-refractivity contribution in [3.8, 4) is 0 Å². The maximum atomic E-state index is 9.63. The molecule has 2 heterocycles. The molecule has 4 aromatic rings. The summed E-state index contributed by atoms with van der Waals surface area (Å²) >= 11 is 3.03. The molecule has 6 nitrogen and oxygen atoms in total. The summed E-state index contributed by atoms with van der Waals surface area (Å²) in [5.74, 6) is 0. The van der Waals surface area contributed by atoms with Gasteiger partial charge in [0.15, 0.2) is 11.2 Å². The number of hydrogen-bond acceptors (Lipinski definition) is 8. The lowest BCUT2D eigenvalue weighted by molar-refractivity contribution is 0.490. The lowest BCUT2D eigenvalue weighted by atomic mass is 10.3. The van der Waals surface area contributed by atoms with E-state index >= 15 is 0 Å². The van der Waals surface area contributed by atoms with E-state index in [2.05, 4.69) is 9.97 Å². The van der Waals surface area contributed by atoms with Crippen molar-refractivity contribution in [2.45, 2.75) is 10.4 Å². The van der Waals surface area contributed by atoms with Gasteiger partial charge in [-0.2, -0.15) is 0 Å². The topological polar surface area (TPSA) is 86.2 Å². The zero-order valence-electron chi connectivity index (χ0n) is 15.4.